The zero-order valence-electron chi connectivity index (χ0n) is 49.0. The van der Waals surface area contributed by atoms with Crippen LogP contribution in [0.3, 0.4) is 0 Å². The van der Waals surface area contributed by atoms with Gasteiger partial charge in [0.25, 0.3) is 0 Å². The average Bonchev–Trinajstić information content (AvgIpc) is 3.46. The predicted molar refractivity (Wildman–Crippen MR) is 322 cm³/mol. The van der Waals surface area contributed by atoms with Gasteiger partial charge in [-0.1, -0.05) is 212 Å². The Labute approximate surface area is 482 Å². The van der Waals surface area contributed by atoms with Crippen molar-refractivity contribution in [2.24, 2.45) is 0 Å². The fourth-order valence-electron chi connectivity index (χ4n) is 9.19. The van der Waals surface area contributed by atoms with Crippen molar-refractivity contribution in [1.82, 2.24) is 5.32 Å². The van der Waals surface area contributed by atoms with Gasteiger partial charge in [-0.2, -0.15) is 0 Å². The fraction of sp³-hybridized carbons (Fsp3) is 0.682. The molecule has 2 aliphatic rings. The summed E-state index contributed by atoms with van der Waals surface area (Å²) < 4.78 is 22.7. The molecule has 14 heteroatoms. The van der Waals surface area contributed by atoms with Crippen LogP contribution >= 0.6 is 0 Å². The highest BCUT2D eigenvalue weighted by Crippen LogP contribution is 2.30. The smallest absolute Gasteiger partial charge is 0.220 e. The molecule has 2 saturated heterocycles. The quantitative estimate of drug-likeness (QED) is 0.0204. The van der Waals surface area contributed by atoms with Gasteiger partial charge in [0.1, 0.15) is 48.8 Å². The molecule has 12 unspecified atom stereocenters. The zero-order chi connectivity index (χ0) is 58.1. The van der Waals surface area contributed by atoms with Crippen LogP contribution in [0.25, 0.3) is 0 Å². The molecule has 80 heavy (non-hydrogen) atoms. The lowest BCUT2D eigenvalue weighted by atomic mass is 9.97. The Kier molecular flexibility index (Phi) is 45.3. The Balaban J connectivity index is 1.82. The monoisotopic (exact) mass is 1120 g/mol. The van der Waals surface area contributed by atoms with Crippen molar-refractivity contribution >= 4 is 5.91 Å². The number of carbonyl (C=O) groups is 1. The van der Waals surface area contributed by atoms with E-state index < -0.39 is 86.8 Å². The number of hydrogen-bond acceptors (Lipinski definition) is 13. The fourth-order valence-corrected chi connectivity index (χ4v) is 9.19. The maximum atomic E-state index is 13.2. The van der Waals surface area contributed by atoms with Crippen LogP contribution in [0.4, 0.5) is 0 Å². The lowest BCUT2D eigenvalue weighted by Gasteiger charge is -2.46. The summed E-state index contributed by atoms with van der Waals surface area (Å²) in [6.07, 6.45) is 55.3. The Morgan fingerprint density at radius 1 is 0.463 bits per heavy atom. The minimum Gasteiger partial charge on any atom is -0.394 e. The summed E-state index contributed by atoms with van der Waals surface area (Å²) >= 11 is 0. The first kappa shape index (κ1) is 72.5. The van der Waals surface area contributed by atoms with Gasteiger partial charge in [-0.3, -0.25) is 4.79 Å². The number of allylic oxidation sites excluding steroid dienone is 19. The van der Waals surface area contributed by atoms with Gasteiger partial charge >= 0.3 is 0 Å². The van der Waals surface area contributed by atoms with Crippen LogP contribution in [0, 0.1) is 0 Å². The molecule has 0 saturated carbocycles. The van der Waals surface area contributed by atoms with Gasteiger partial charge in [0.2, 0.25) is 5.91 Å². The molecule has 0 aromatic rings. The van der Waals surface area contributed by atoms with Gasteiger partial charge in [-0.15, -0.1) is 0 Å². The lowest BCUT2D eigenvalue weighted by molar-refractivity contribution is -0.359. The predicted octanol–water partition coefficient (Wildman–Crippen LogP) is 11.0. The third-order valence-corrected chi connectivity index (χ3v) is 14.1. The van der Waals surface area contributed by atoms with Crippen molar-refractivity contribution in [3.63, 3.8) is 0 Å². The minimum atomic E-state index is -1.80. The highest BCUT2D eigenvalue weighted by atomic mass is 16.7. The molecule has 14 nitrogen and oxygen atoms in total. The van der Waals surface area contributed by atoms with E-state index in [1.807, 2.05) is 12.2 Å². The molecule has 2 rings (SSSR count). The first-order valence-electron chi connectivity index (χ1n) is 30.8. The molecule has 9 N–H and O–H groups in total. The van der Waals surface area contributed by atoms with Gasteiger partial charge in [-0.25, -0.2) is 0 Å². The number of nitrogens with one attached hydrogen (secondary N) is 1. The van der Waals surface area contributed by atoms with E-state index >= 15 is 0 Å². The van der Waals surface area contributed by atoms with Gasteiger partial charge < -0.3 is 65.1 Å². The molecule has 1 amide bonds. The van der Waals surface area contributed by atoms with Crippen LogP contribution in [-0.4, -0.2) is 140 Å². The summed E-state index contributed by atoms with van der Waals surface area (Å²) in [7, 11) is 0. The summed E-state index contributed by atoms with van der Waals surface area (Å²) in [5.74, 6) is -0.316. The molecule has 0 spiro atoms. The third kappa shape index (κ3) is 34.7. The maximum Gasteiger partial charge on any atom is 0.220 e. The summed E-state index contributed by atoms with van der Waals surface area (Å²) in [4.78, 5) is 13.2. The molecular formula is C66H109NO13. The highest BCUT2D eigenvalue weighted by molar-refractivity contribution is 5.76. The Bertz CT molecular complexity index is 1800. The van der Waals surface area contributed by atoms with Gasteiger partial charge in [0.05, 0.1) is 32.0 Å². The maximum absolute atomic E-state index is 13.2. The zero-order valence-corrected chi connectivity index (χ0v) is 49.0. The SMILES string of the molecule is CC/C=C\C/C=C\C/C=C\C/C=C\C/C=C\C/C=C\C/C=C\CCCC(=O)NC(COC1OC(CO)C(OC2OC(CO)C(O)C(O)C2O)C(O)C1O)C(O)/C=C/CC/C=C/CC/C=C/CCCCCCCCCCCCCCC. The van der Waals surface area contributed by atoms with E-state index in [1.165, 1.54) is 83.5 Å². The molecule has 2 fully saturated rings. The number of carbonyl (C=O) groups excluding carboxylic acids is 1. The second kappa shape index (κ2) is 50.0. The van der Waals surface area contributed by atoms with E-state index in [-0.39, 0.29) is 18.9 Å². The Morgan fingerprint density at radius 3 is 1.38 bits per heavy atom. The molecule has 0 aromatic heterocycles. The molecule has 2 aliphatic heterocycles. The van der Waals surface area contributed by atoms with E-state index in [0.29, 0.717) is 19.3 Å². The molecule has 0 radical (unpaired) electrons. The standard InChI is InChI=1S/C66H109NO13/c1-3-5-7-9-11-13-15-17-19-21-23-25-27-29-31-33-35-37-39-41-43-45-47-49-55(70)54(53-77-65-63(76)61(74)64(57(52-69)79-65)80-66-62(75)60(73)59(72)56(51-68)78-66)67-58(71)50-48-46-44-42-40-38-36-34-32-30-28-26-24-22-20-18-16-14-12-10-8-6-4-2/h6,8,12,14,18,20,24,26,30-33,36,38-39,41-42,44,47,49,54-57,59-66,68-70,72-76H,3-5,7,9-11,13,15-17,19,21-23,25,27-29,34-35,37,40,43,45-46,48,50-53H2,1-2H3,(H,67,71)/b8-6-,14-12-,20-18-,26-24-,32-30-,33-31+,38-36-,41-39+,44-42-,49-47+. The first-order valence-corrected chi connectivity index (χ1v) is 30.8. The van der Waals surface area contributed by atoms with Gasteiger partial charge in [0, 0.05) is 6.42 Å². The van der Waals surface area contributed by atoms with Gasteiger partial charge in [-0.05, 0) is 96.3 Å². The van der Waals surface area contributed by atoms with Crippen molar-refractivity contribution in [3.05, 3.63) is 122 Å². The summed E-state index contributed by atoms with van der Waals surface area (Å²) in [5.41, 5.74) is 0. The number of rotatable bonds is 47. The van der Waals surface area contributed by atoms with Crippen molar-refractivity contribution < 1.29 is 64.6 Å². The van der Waals surface area contributed by atoms with E-state index in [0.717, 1.165) is 70.6 Å². The largest absolute Gasteiger partial charge is 0.394 e. The molecule has 12 atom stereocenters. The van der Waals surface area contributed by atoms with E-state index in [2.05, 4.69) is 122 Å². The van der Waals surface area contributed by atoms with E-state index in [9.17, 15) is 45.6 Å². The number of amides is 1. The molecule has 2 heterocycles. The summed E-state index contributed by atoms with van der Waals surface area (Å²) in [6, 6.07) is -0.979. The minimum absolute atomic E-state index is 0.182. The first-order chi connectivity index (χ1) is 39.1. The number of ether oxygens (including phenoxy) is 4. The van der Waals surface area contributed by atoms with Crippen LogP contribution < -0.4 is 5.32 Å². The number of aliphatic hydroxyl groups excluding tert-OH is 8. The molecule has 0 aromatic carbocycles. The molecule has 0 aliphatic carbocycles. The van der Waals surface area contributed by atoms with Crippen molar-refractivity contribution in [2.75, 3.05) is 19.8 Å². The van der Waals surface area contributed by atoms with Crippen molar-refractivity contribution in [1.29, 1.82) is 0 Å². The topological polar surface area (TPSA) is 228 Å². The van der Waals surface area contributed by atoms with E-state index in [4.69, 9.17) is 18.9 Å². The van der Waals surface area contributed by atoms with Gasteiger partial charge in [0.15, 0.2) is 12.6 Å². The van der Waals surface area contributed by atoms with E-state index in [1.54, 1.807) is 6.08 Å². The average molecular weight is 1120 g/mol. The van der Waals surface area contributed by atoms with Crippen molar-refractivity contribution in [2.45, 2.75) is 267 Å². The van der Waals surface area contributed by atoms with Crippen LogP contribution in [0.5, 0.6) is 0 Å². The summed E-state index contributed by atoms with van der Waals surface area (Å²) in [5, 5.41) is 87.1. The lowest BCUT2D eigenvalue weighted by Crippen LogP contribution is -2.65. The second-order valence-electron chi connectivity index (χ2n) is 21.1. The molecule has 0 bridgehead atoms. The highest BCUT2D eigenvalue weighted by Gasteiger charge is 2.51. The Morgan fingerprint density at radius 2 is 0.875 bits per heavy atom. The van der Waals surface area contributed by atoms with Crippen LogP contribution in [-0.2, 0) is 23.7 Å². The van der Waals surface area contributed by atoms with Crippen LogP contribution in [0.15, 0.2) is 122 Å². The summed E-state index contributed by atoms with van der Waals surface area (Å²) in [6.45, 7) is 2.61. The normalized spacial score (nSPS) is 25.1. The number of aliphatic hydroxyl groups is 8. The van der Waals surface area contributed by atoms with Crippen LogP contribution in [0.2, 0.25) is 0 Å². The second-order valence-corrected chi connectivity index (χ2v) is 21.1. The third-order valence-electron chi connectivity index (χ3n) is 14.1. The molecule has 456 valence electrons. The van der Waals surface area contributed by atoms with Crippen LogP contribution in [0.1, 0.15) is 194 Å². The van der Waals surface area contributed by atoms with Crippen molar-refractivity contribution in [3.8, 4) is 0 Å². The number of hydrogen-bond donors (Lipinski definition) is 9. The number of unbranched alkanes of at least 4 members (excludes halogenated alkanes) is 16. The Hall–Kier alpha value is -3.61. The molecular weight excluding hydrogens is 1010 g/mol.